The summed E-state index contributed by atoms with van der Waals surface area (Å²) >= 11 is 7.73. The van der Waals surface area contributed by atoms with Gasteiger partial charge in [0.05, 0.1) is 4.34 Å². The van der Waals surface area contributed by atoms with E-state index >= 15 is 0 Å². The molecule has 4 nitrogen and oxygen atoms in total. The Morgan fingerprint density at radius 2 is 1.83 bits per heavy atom. The normalized spacial score (nSPS) is 23.8. The van der Waals surface area contributed by atoms with Gasteiger partial charge >= 0.3 is 0 Å². The molecule has 29 heavy (non-hydrogen) atoms. The minimum atomic E-state index is 0.0536. The first-order valence-corrected chi connectivity index (χ1v) is 11.9. The molecule has 0 radical (unpaired) electrons. The van der Waals surface area contributed by atoms with Crippen LogP contribution in [0.25, 0.3) is 0 Å². The Hall–Kier alpha value is -1.40. The largest absolute Gasteiger partial charge is 0.349 e. The first kappa shape index (κ1) is 20.9. The summed E-state index contributed by atoms with van der Waals surface area (Å²) in [4.78, 5) is 13.8. The smallest absolute Gasteiger partial charge is 0.251 e. The summed E-state index contributed by atoms with van der Waals surface area (Å²) in [6.45, 7) is 4.18. The van der Waals surface area contributed by atoms with Gasteiger partial charge in [-0.15, -0.1) is 11.3 Å². The van der Waals surface area contributed by atoms with Gasteiger partial charge in [-0.2, -0.15) is 0 Å². The average Bonchev–Trinajstić information content (AvgIpc) is 3.38. The van der Waals surface area contributed by atoms with Gasteiger partial charge in [0.25, 0.3) is 5.91 Å². The van der Waals surface area contributed by atoms with Crippen molar-refractivity contribution in [2.24, 2.45) is 0 Å². The van der Waals surface area contributed by atoms with E-state index in [1.54, 1.807) is 11.3 Å². The van der Waals surface area contributed by atoms with Gasteiger partial charge in [0.1, 0.15) is 0 Å². The Bertz CT molecular complexity index is 816. The summed E-state index contributed by atoms with van der Waals surface area (Å²) in [5.74, 6) is 0.617. The Kier molecular flexibility index (Phi) is 6.91. The molecule has 2 heterocycles. The fraction of sp³-hybridized carbons (Fsp3) is 0.522. The second-order valence-corrected chi connectivity index (χ2v) is 10.1. The van der Waals surface area contributed by atoms with E-state index in [2.05, 4.69) is 41.1 Å². The zero-order chi connectivity index (χ0) is 20.2. The van der Waals surface area contributed by atoms with E-state index < -0.39 is 0 Å². The van der Waals surface area contributed by atoms with E-state index in [4.69, 9.17) is 11.6 Å². The zero-order valence-electron chi connectivity index (χ0n) is 16.9. The lowest BCUT2D eigenvalue weighted by molar-refractivity contribution is 0.0929. The highest BCUT2D eigenvalue weighted by molar-refractivity contribution is 7.16. The van der Waals surface area contributed by atoms with Crippen molar-refractivity contribution in [2.75, 3.05) is 13.1 Å². The minimum absolute atomic E-state index is 0.0536. The van der Waals surface area contributed by atoms with Crippen molar-refractivity contribution in [2.45, 2.75) is 63.1 Å². The SMILES string of the molecule is C[C@@H](NC1CC[C@H](c2ccc(C(=O)NC3CCNCC3)cc2)C1)c1ccc(Cl)s1. The summed E-state index contributed by atoms with van der Waals surface area (Å²) in [5.41, 5.74) is 2.11. The van der Waals surface area contributed by atoms with E-state index in [-0.39, 0.29) is 5.91 Å². The molecule has 1 aliphatic carbocycles. The van der Waals surface area contributed by atoms with Crippen molar-refractivity contribution >= 4 is 28.8 Å². The van der Waals surface area contributed by atoms with E-state index in [0.717, 1.165) is 42.3 Å². The lowest BCUT2D eigenvalue weighted by Crippen LogP contribution is -2.42. The number of halogens is 1. The van der Waals surface area contributed by atoms with Gasteiger partial charge < -0.3 is 16.0 Å². The molecule has 1 amide bonds. The van der Waals surface area contributed by atoms with E-state index in [9.17, 15) is 4.79 Å². The summed E-state index contributed by atoms with van der Waals surface area (Å²) < 4.78 is 0.849. The van der Waals surface area contributed by atoms with Gasteiger partial charge in [-0.3, -0.25) is 4.79 Å². The number of benzene rings is 1. The van der Waals surface area contributed by atoms with Gasteiger partial charge in [0, 0.05) is 28.6 Å². The number of rotatable bonds is 6. The van der Waals surface area contributed by atoms with Gasteiger partial charge in [0.15, 0.2) is 0 Å². The first-order valence-electron chi connectivity index (χ1n) is 10.7. The number of thiophene rings is 1. The van der Waals surface area contributed by atoms with E-state index in [0.29, 0.717) is 24.0 Å². The van der Waals surface area contributed by atoms with E-state index in [1.807, 2.05) is 18.2 Å². The van der Waals surface area contributed by atoms with Crippen LogP contribution in [-0.2, 0) is 0 Å². The van der Waals surface area contributed by atoms with Crippen LogP contribution in [0.1, 0.15) is 71.8 Å². The molecule has 0 spiro atoms. The third kappa shape index (κ3) is 5.40. The van der Waals surface area contributed by atoms with Crippen LogP contribution in [0.5, 0.6) is 0 Å². The molecule has 1 aliphatic heterocycles. The molecule has 1 aromatic carbocycles. The second kappa shape index (κ2) is 9.61. The molecule has 1 aromatic heterocycles. The van der Waals surface area contributed by atoms with Gasteiger partial charge in [-0.25, -0.2) is 0 Å². The van der Waals surface area contributed by atoms with Gasteiger partial charge in [-0.1, -0.05) is 23.7 Å². The number of carbonyl (C=O) groups excluding carboxylic acids is 1. The van der Waals surface area contributed by atoms with Crippen molar-refractivity contribution in [3.63, 3.8) is 0 Å². The molecule has 4 rings (SSSR count). The Labute approximate surface area is 182 Å². The van der Waals surface area contributed by atoms with Crippen molar-refractivity contribution in [3.05, 3.63) is 56.7 Å². The number of hydrogen-bond acceptors (Lipinski definition) is 4. The lowest BCUT2D eigenvalue weighted by Gasteiger charge is -2.23. The van der Waals surface area contributed by atoms with Gasteiger partial charge in [0.2, 0.25) is 0 Å². The molecule has 1 saturated carbocycles. The Morgan fingerprint density at radius 1 is 1.07 bits per heavy atom. The standard InChI is InChI=1S/C23H30ClN3OS/c1-15(21-8-9-22(24)29-21)26-20-7-6-18(14-20)16-2-4-17(5-3-16)23(28)27-19-10-12-25-13-11-19/h2-5,8-9,15,18-20,25-26H,6-7,10-14H2,1H3,(H,27,28)/t15-,18+,20?/m1/s1. The summed E-state index contributed by atoms with van der Waals surface area (Å²) in [5, 5.41) is 10.3. The molecule has 156 valence electrons. The Balaban J connectivity index is 1.29. The predicted octanol–water partition coefficient (Wildman–Crippen LogP) is 4.87. The topological polar surface area (TPSA) is 53.2 Å². The highest BCUT2D eigenvalue weighted by Gasteiger charge is 2.27. The average molecular weight is 432 g/mol. The molecule has 2 fully saturated rings. The number of piperidine rings is 1. The van der Waals surface area contributed by atoms with Crippen molar-refractivity contribution in [1.82, 2.24) is 16.0 Å². The molecule has 1 saturated heterocycles. The maximum absolute atomic E-state index is 12.5. The molecule has 6 heteroatoms. The van der Waals surface area contributed by atoms with Crippen LogP contribution in [0.4, 0.5) is 0 Å². The minimum Gasteiger partial charge on any atom is -0.349 e. The molecule has 2 aromatic rings. The molecule has 1 unspecified atom stereocenters. The van der Waals surface area contributed by atoms with Crippen molar-refractivity contribution in [3.8, 4) is 0 Å². The van der Waals surface area contributed by atoms with Crippen molar-refractivity contribution in [1.29, 1.82) is 0 Å². The molecule has 0 bridgehead atoms. The van der Waals surface area contributed by atoms with Crippen LogP contribution >= 0.6 is 22.9 Å². The predicted molar refractivity (Wildman–Crippen MR) is 121 cm³/mol. The van der Waals surface area contributed by atoms with Crippen LogP contribution in [0.3, 0.4) is 0 Å². The third-order valence-electron chi connectivity index (χ3n) is 6.26. The molecule has 3 N–H and O–H groups in total. The summed E-state index contributed by atoms with van der Waals surface area (Å²) in [6, 6.07) is 13.5. The maximum atomic E-state index is 12.5. The van der Waals surface area contributed by atoms with Crippen molar-refractivity contribution < 1.29 is 4.79 Å². The highest BCUT2D eigenvalue weighted by Crippen LogP contribution is 2.36. The first-order chi connectivity index (χ1) is 14.1. The zero-order valence-corrected chi connectivity index (χ0v) is 18.5. The maximum Gasteiger partial charge on any atom is 0.251 e. The van der Waals surface area contributed by atoms with Crippen LogP contribution in [-0.4, -0.2) is 31.1 Å². The molecular formula is C23H30ClN3OS. The Morgan fingerprint density at radius 3 is 2.52 bits per heavy atom. The number of amides is 1. The second-order valence-electron chi connectivity index (χ2n) is 8.36. The molecular weight excluding hydrogens is 402 g/mol. The molecule has 2 aliphatic rings. The van der Waals surface area contributed by atoms with Crippen LogP contribution in [0.2, 0.25) is 4.34 Å². The number of hydrogen-bond donors (Lipinski definition) is 3. The lowest BCUT2D eigenvalue weighted by atomic mass is 9.96. The van der Waals surface area contributed by atoms with Gasteiger partial charge in [-0.05, 0) is 87.9 Å². The fourth-order valence-corrected chi connectivity index (χ4v) is 5.65. The number of carbonyl (C=O) groups is 1. The number of nitrogens with one attached hydrogen (secondary N) is 3. The quantitative estimate of drug-likeness (QED) is 0.611. The highest BCUT2D eigenvalue weighted by atomic mass is 35.5. The monoisotopic (exact) mass is 431 g/mol. The van der Waals surface area contributed by atoms with E-state index in [1.165, 1.54) is 23.3 Å². The van der Waals surface area contributed by atoms with Crippen LogP contribution in [0.15, 0.2) is 36.4 Å². The van der Waals surface area contributed by atoms with Crippen LogP contribution < -0.4 is 16.0 Å². The molecule has 3 atom stereocenters. The fourth-order valence-electron chi connectivity index (χ4n) is 4.57. The summed E-state index contributed by atoms with van der Waals surface area (Å²) in [7, 11) is 0. The van der Waals surface area contributed by atoms with Crippen LogP contribution in [0, 0.1) is 0 Å². The summed E-state index contributed by atoms with van der Waals surface area (Å²) in [6.07, 6.45) is 5.54. The third-order valence-corrected chi connectivity index (χ3v) is 7.67.